The summed E-state index contributed by atoms with van der Waals surface area (Å²) in [5.41, 5.74) is 0.0158. The van der Waals surface area contributed by atoms with Crippen molar-refractivity contribution >= 4 is 48.7 Å². The minimum atomic E-state index is -0.230. The third kappa shape index (κ3) is 2.71. The molecule has 0 bridgehead atoms. The fourth-order valence-corrected chi connectivity index (χ4v) is 2.44. The molecule has 14 heavy (non-hydrogen) atoms. The Morgan fingerprint density at radius 2 is 2.00 bits per heavy atom. The van der Waals surface area contributed by atoms with E-state index in [0.717, 1.165) is 3.39 Å². The molecule has 2 atom stereocenters. The van der Waals surface area contributed by atoms with Crippen molar-refractivity contribution in [2.75, 3.05) is 0 Å². The summed E-state index contributed by atoms with van der Waals surface area (Å²) in [5.74, 6) is 0.242. The summed E-state index contributed by atoms with van der Waals surface area (Å²) in [6.45, 7) is 4.11. The van der Waals surface area contributed by atoms with Crippen molar-refractivity contribution in [1.29, 1.82) is 0 Å². The Bertz CT molecular complexity index is 303. The summed E-state index contributed by atoms with van der Waals surface area (Å²) < 4.78 is 0.883. The van der Waals surface area contributed by atoms with Gasteiger partial charge in [0.2, 0.25) is 5.24 Å². The molecule has 0 aromatic rings. The minimum absolute atomic E-state index is 0.0158. The molecule has 0 spiro atoms. The quantitative estimate of drug-likeness (QED) is 0.555. The zero-order chi connectivity index (χ0) is 10.9. The highest BCUT2D eigenvalue weighted by Gasteiger charge is 2.59. The van der Waals surface area contributed by atoms with Gasteiger partial charge in [-0.3, -0.25) is 4.79 Å². The first-order chi connectivity index (χ1) is 6.37. The van der Waals surface area contributed by atoms with Gasteiger partial charge in [0.05, 0.1) is 3.39 Å². The van der Waals surface area contributed by atoms with Gasteiger partial charge in [-0.1, -0.05) is 26.0 Å². The van der Waals surface area contributed by atoms with Gasteiger partial charge in [-0.25, -0.2) is 0 Å². The standard InChI is InChI=1S/C10H11Br2ClO/c1-10(2)6(8(10)9(13)14)4-3-5-7(11)12/h3-6,8H,1-2H3. The average molecular weight is 342 g/mol. The summed E-state index contributed by atoms with van der Waals surface area (Å²) >= 11 is 12.0. The lowest BCUT2D eigenvalue weighted by Gasteiger charge is -1.95. The first-order valence-electron chi connectivity index (χ1n) is 4.26. The molecule has 0 saturated heterocycles. The van der Waals surface area contributed by atoms with Gasteiger partial charge in [0, 0.05) is 5.92 Å². The SMILES string of the molecule is CC1(C)C(C=CC=C(Br)Br)C1C(=O)Cl. The van der Waals surface area contributed by atoms with Gasteiger partial charge in [-0.2, -0.15) is 0 Å². The van der Waals surface area contributed by atoms with E-state index in [0.29, 0.717) is 0 Å². The van der Waals surface area contributed by atoms with Crippen LogP contribution in [0.2, 0.25) is 0 Å². The van der Waals surface area contributed by atoms with E-state index in [-0.39, 0.29) is 22.5 Å². The van der Waals surface area contributed by atoms with Crippen LogP contribution in [-0.4, -0.2) is 5.24 Å². The Balaban J connectivity index is 2.62. The molecule has 1 saturated carbocycles. The molecule has 1 nitrogen and oxygen atoms in total. The van der Waals surface area contributed by atoms with Crippen LogP contribution in [0.5, 0.6) is 0 Å². The first-order valence-corrected chi connectivity index (χ1v) is 6.22. The molecule has 0 N–H and O–H groups in total. The predicted molar refractivity (Wildman–Crippen MR) is 66.7 cm³/mol. The topological polar surface area (TPSA) is 17.1 Å². The number of halogens is 3. The number of hydrogen-bond donors (Lipinski definition) is 0. The lowest BCUT2D eigenvalue weighted by atomic mass is 10.1. The van der Waals surface area contributed by atoms with Crippen molar-refractivity contribution in [3.8, 4) is 0 Å². The highest BCUT2D eigenvalue weighted by atomic mass is 79.9. The van der Waals surface area contributed by atoms with Crippen molar-refractivity contribution in [1.82, 2.24) is 0 Å². The second-order valence-electron chi connectivity index (χ2n) is 3.97. The number of allylic oxidation sites excluding steroid dienone is 3. The Labute approximate surface area is 106 Å². The molecule has 78 valence electrons. The lowest BCUT2D eigenvalue weighted by molar-refractivity contribution is -0.113. The molecule has 1 aliphatic rings. The van der Waals surface area contributed by atoms with Crippen molar-refractivity contribution in [3.05, 3.63) is 21.6 Å². The van der Waals surface area contributed by atoms with Gasteiger partial charge < -0.3 is 0 Å². The average Bonchev–Trinajstić information content (AvgIpc) is 2.52. The van der Waals surface area contributed by atoms with E-state index in [1.54, 1.807) is 0 Å². The molecule has 1 fully saturated rings. The number of carbonyl (C=O) groups is 1. The van der Waals surface area contributed by atoms with E-state index >= 15 is 0 Å². The molecule has 1 aliphatic carbocycles. The third-order valence-corrected chi connectivity index (χ3v) is 3.46. The maximum absolute atomic E-state index is 11.0. The van der Waals surface area contributed by atoms with Crippen LogP contribution in [0, 0.1) is 17.3 Å². The fourth-order valence-electron chi connectivity index (χ4n) is 1.72. The van der Waals surface area contributed by atoms with Gasteiger partial charge >= 0.3 is 0 Å². The van der Waals surface area contributed by atoms with E-state index in [2.05, 4.69) is 45.7 Å². The zero-order valence-corrected chi connectivity index (χ0v) is 11.9. The van der Waals surface area contributed by atoms with E-state index in [9.17, 15) is 4.79 Å². The Morgan fingerprint density at radius 3 is 2.36 bits per heavy atom. The van der Waals surface area contributed by atoms with Crippen LogP contribution in [0.4, 0.5) is 0 Å². The second-order valence-corrected chi connectivity index (χ2v) is 7.12. The molecule has 1 rings (SSSR count). The molecule has 0 radical (unpaired) electrons. The van der Waals surface area contributed by atoms with Crippen LogP contribution in [0.3, 0.4) is 0 Å². The van der Waals surface area contributed by atoms with E-state index < -0.39 is 0 Å². The Morgan fingerprint density at radius 1 is 1.43 bits per heavy atom. The summed E-state index contributed by atoms with van der Waals surface area (Å²) in [6.07, 6.45) is 5.82. The van der Waals surface area contributed by atoms with E-state index in [1.165, 1.54) is 0 Å². The van der Waals surface area contributed by atoms with E-state index in [1.807, 2.05) is 18.2 Å². The smallest absolute Gasteiger partial charge is 0.225 e. The molecule has 4 heteroatoms. The van der Waals surface area contributed by atoms with Crippen LogP contribution >= 0.6 is 43.5 Å². The molecular weight excluding hydrogens is 331 g/mol. The molecule has 0 aromatic carbocycles. The van der Waals surface area contributed by atoms with E-state index in [4.69, 9.17) is 11.6 Å². The second kappa shape index (κ2) is 4.50. The summed E-state index contributed by atoms with van der Waals surface area (Å²) in [5, 5.41) is -0.230. The molecule has 2 unspecified atom stereocenters. The summed E-state index contributed by atoms with van der Waals surface area (Å²) in [7, 11) is 0. The molecule has 0 aliphatic heterocycles. The third-order valence-electron chi connectivity index (χ3n) is 2.70. The predicted octanol–water partition coefficient (Wildman–Crippen LogP) is 4.21. The molecule has 0 heterocycles. The maximum atomic E-state index is 11.0. The van der Waals surface area contributed by atoms with Gasteiger partial charge in [-0.05, 0) is 60.9 Å². The minimum Gasteiger partial charge on any atom is -0.281 e. The first kappa shape index (κ1) is 12.5. The Kier molecular flexibility index (Phi) is 4.01. The number of rotatable bonds is 3. The van der Waals surface area contributed by atoms with Gasteiger partial charge in [-0.15, -0.1) is 0 Å². The van der Waals surface area contributed by atoms with Crippen molar-refractivity contribution in [2.45, 2.75) is 13.8 Å². The highest BCUT2D eigenvalue weighted by Crippen LogP contribution is 2.59. The maximum Gasteiger partial charge on any atom is 0.225 e. The monoisotopic (exact) mass is 340 g/mol. The normalized spacial score (nSPS) is 28.9. The zero-order valence-electron chi connectivity index (χ0n) is 7.93. The number of hydrogen-bond acceptors (Lipinski definition) is 1. The van der Waals surface area contributed by atoms with Crippen molar-refractivity contribution in [2.24, 2.45) is 17.3 Å². The van der Waals surface area contributed by atoms with Gasteiger partial charge in [0.25, 0.3) is 0 Å². The van der Waals surface area contributed by atoms with Crippen molar-refractivity contribution in [3.63, 3.8) is 0 Å². The fraction of sp³-hybridized carbons (Fsp3) is 0.500. The van der Waals surface area contributed by atoms with Crippen LogP contribution in [0.25, 0.3) is 0 Å². The molecular formula is C10H11Br2ClO. The van der Waals surface area contributed by atoms with Crippen LogP contribution < -0.4 is 0 Å². The number of carbonyl (C=O) groups excluding carboxylic acids is 1. The Hall–Kier alpha value is 0.400. The van der Waals surface area contributed by atoms with Crippen molar-refractivity contribution < 1.29 is 4.79 Å². The lowest BCUT2D eigenvalue weighted by Crippen LogP contribution is -1.96. The highest BCUT2D eigenvalue weighted by molar-refractivity contribution is 9.28. The summed E-state index contributed by atoms with van der Waals surface area (Å²) in [4.78, 5) is 11.0. The van der Waals surface area contributed by atoms with Crippen LogP contribution in [0.15, 0.2) is 21.6 Å². The van der Waals surface area contributed by atoms with Crippen LogP contribution in [0.1, 0.15) is 13.8 Å². The summed E-state index contributed by atoms with van der Waals surface area (Å²) in [6, 6.07) is 0. The largest absolute Gasteiger partial charge is 0.281 e. The van der Waals surface area contributed by atoms with Gasteiger partial charge in [0.15, 0.2) is 0 Å². The molecule has 0 amide bonds. The molecule has 0 aromatic heterocycles. The van der Waals surface area contributed by atoms with Crippen LogP contribution in [-0.2, 0) is 4.79 Å². The van der Waals surface area contributed by atoms with Gasteiger partial charge in [0.1, 0.15) is 0 Å².